The van der Waals surface area contributed by atoms with Crippen molar-refractivity contribution in [1.82, 2.24) is 0 Å². The van der Waals surface area contributed by atoms with Crippen molar-refractivity contribution in [2.24, 2.45) is 5.92 Å². The highest BCUT2D eigenvalue weighted by Gasteiger charge is 2.08. The van der Waals surface area contributed by atoms with Crippen molar-refractivity contribution in [2.75, 3.05) is 0 Å². The molecular weight excluding hydrogens is 276 g/mol. The first-order chi connectivity index (χ1) is 11.1. The Morgan fingerprint density at radius 1 is 0.913 bits per heavy atom. The van der Waals surface area contributed by atoms with Crippen LogP contribution in [0.15, 0.2) is 66.8 Å². The van der Waals surface area contributed by atoms with Gasteiger partial charge < -0.3 is 0 Å². The molecule has 0 heterocycles. The number of hydrogen-bond donors (Lipinski definition) is 0. The summed E-state index contributed by atoms with van der Waals surface area (Å²) in [6.45, 7) is 8.70. The lowest BCUT2D eigenvalue weighted by Crippen LogP contribution is -1.95. The van der Waals surface area contributed by atoms with Gasteiger partial charge in [0.25, 0.3) is 0 Å². The first kappa shape index (κ1) is 17.3. The molecule has 0 aliphatic heterocycles. The number of rotatable bonds is 2. The normalized spacial score (nSPS) is 16.3. The minimum atomic E-state index is 0.635. The highest BCUT2D eigenvalue weighted by Crippen LogP contribution is 2.29. The summed E-state index contributed by atoms with van der Waals surface area (Å²) >= 11 is 0. The minimum Gasteiger partial charge on any atom is -0.0834 e. The summed E-state index contributed by atoms with van der Waals surface area (Å²) < 4.78 is 0. The lowest BCUT2D eigenvalue weighted by atomic mass is 9.91. The van der Waals surface area contributed by atoms with Gasteiger partial charge in [0.2, 0.25) is 0 Å². The van der Waals surface area contributed by atoms with Gasteiger partial charge in [-0.1, -0.05) is 87.9 Å². The van der Waals surface area contributed by atoms with E-state index in [1.807, 2.05) is 0 Å². The van der Waals surface area contributed by atoms with Gasteiger partial charge in [-0.2, -0.15) is 0 Å². The van der Waals surface area contributed by atoms with Gasteiger partial charge in [-0.3, -0.25) is 0 Å². The van der Waals surface area contributed by atoms with E-state index < -0.39 is 0 Å². The molecule has 0 spiro atoms. The van der Waals surface area contributed by atoms with Crippen LogP contribution in [0.5, 0.6) is 0 Å². The van der Waals surface area contributed by atoms with Gasteiger partial charge in [0.1, 0.15) is 0 Å². The summed E-state index contributed by atoms with van der Waals surface area (Å²) in [5.41, 5.74) is 6.57. The lowest BCUT2D eigenvalue weighted by molar-refractivity contribution is 0.740. The zero-order chi connectivity index (χ0) is 16.7. The number of aryl methyl sites for hydroxylation is 1. The first-order valence-corrected chi connectivity index (χ1v) is 8.69. The van der Waals surface area contributed by atoms with Crippen LogP contribution in [0.1, 0.15) is 44.7 Å². The zero-order valence-corrected chi connectivity index (χ0v) is 14.8. The van der Waals surface area contributed by atoms with Crippen molar-refractivity contribution >= 4 is 5.57 Å². The maximum atomic E-state index is 2.38. The van der Waals surface area contributed by atoms with Crippen molar-refractivity contribution in [3.8, 4) is 11.1 Å². The summed E-state index contributed by atoms with van der Waals surface area (Å²) in [4.78, 5) is 0. The van der Waals surface area contributed by atoms with Gasteiger partial charge >= 0.3 is 0 Å². The quantitative estimate of drug-likeness (QED) is 0.557. The molecule has 0 aromatic heterocycles. The Hall–Kier alpha value is -2.08. The zero-order valence-electron chi connectivity index (χ0n) is 14.8. The Balaban J connectivity index is 0.000000595. The molecule has 0 saturated carbocycles. The van der Waals surface area contributed by atoms with E-state index in [1.54, 1.807) is 0 Å². The Morgan fingerprint density at radius 2 is 1.57 bits per heavy atom. The Morgan fingerprint density at radius 3 is 2.22 bits per heavy atom. The maximum absolute atomic E-state index is 2.38. The second kappa shape index (κ2) is 8.53. The molecule has 0 nitrogen and oxygen atoms in total. The predicted molar refractivity (Wildman–Crippen MR) is 103 cm³/mol. The van der Waals surface area contributed by atoms with Crippen LogP contribution in [-0.2, 0) is 0 Å². The van der Waals surface area contributed by atoms with Crippen molar-refractivity contribution in [3.05, 3.63) is 77.9 Å². The fourth-order valence-corrected chi connectivity index (χ4v) is 2.78. The molecule has 2 aromatic carbocycles. The van der Waals surface area contributed by atoms with E-state index in [9.17, 15) is 0 Å². The summed E-state index contributed by atoms with van der Waals surface area (Å²) in [5.74, 6) is 0.635. The molecule has 0 amide bonds. The fourth-order valence-electron chi connectivity index (χ4n) is 2.78. The predicted octanol–water partition coefficient (Wildman–Crippen LogP) is 7.06. The standard InChI is InChI=1S/C20H20.C3H8/c1-15-7-6-10-18(11-15)20-13-16(2)12-19(14-20)17-8-4-3-5-9-17;1-3-2/h3-6,8-15H,7H2,1-2H3;3H2,1-2H3. The van der Waals surface area contributed by atoms with E-state index >= 15 is 0 Å². The molecule has 3 rings (SSSR count). The highest BCUT2D eigenvalue weighted by molar-refractivity contribution is 5.79. The van der Waals surface area contributed by atoms with E-state index in [-0.39, 0.29) is 0 Å². The molecule has 0 bridgehead atoms. The van der Waals surface area contributed by atoms with Crippen LogP contribution >= 0.6 is 0 Å². The minimum absolute atomic E-state index is 0.635. The molecule has 0 saturated heterocycles. The van der Waals surface area contributed by atoms with E-state index in [0.717, 1.165) is 6.42 Å². The molecule has 23 heavy (non-hydrogen) atoms. The van der Waals surface area contributed by atoms with Gasteiger partial charge in [-0.05, 0) is 53.2 Å². The molecular formula is C23H28. The summed E-state index contributed by atoms with van der Waals surface area (Å²) in [5, 5.41) is 0. The summed E-state index contributed by atoms with van der Waals surface area (Å²) in [6.07, 6.45) is 9.32. The van der Waals surface area contributed by atoms with Crippen molar-refractivity contribution < 1.29 is 0 Å². The molecule has 2 aromatic rings. The third-order valence-corrected chi connectivity index (χ3v) is 3.79. The second-order valence-electron chi connectivity index (χ2n) is 6.40. The van der Waals surface area contributed by atoms with Crippen LogP contribution in [-0.4, -0.2) is 0 Å². The van der Waals surface area contributed by atoms with Crippen LogP contribution < -0.4 is 0 Å². The topological polar surface area (TPSA) is 0 Å². The molecule has 0 heteroatoms. The molecule has 0 radical (unpaired) electrons. The van der Waals surface area contributed by atoms with Gasteiger partial charge in [0.05, 0.1) is 0 Å². The molecule has 0 N–H and O–H groups in total. The maximum Gasteiger partial charge on any atom is -0.0175 e. The van der Waals surface area contributed by atoms with Gasteiger partial charge in [-0.25, -0.2) is 0 Å². The number of hydrogen-bond acceptors (Lipinski definition) is 0. The summed E-state index contributed by atoms with van der Waals surface area (Å²) in [6, 6.07) is 17.4. The third-order valence-electron chi connectivity index (χ3n) is 3.79. The van der Waals surface area contributed by atoms with E-state index in [2.05, 4.69) is 94.5 Å². The largest absolute Gasteiger partial charge is 0.0834 e. The van der Waals surface area contributed by atoms with Crippen LogP contribution in [0.2, 0.25) is 0 Å². The summed E-state index contributed by atoms with van der Waals surface area (Å²) in [7, 11) is 0. The monoisotopic (exact) mass is 304 g/mol. The van der Waals surface area contributed by atoms with Gasteiger partial charge in [-0.15, -0.1) is 0 Å². The third kappa shape index (κ3) is 4.96. The SMILES string of the molecule is CCC.Cc1cc(C2=CC(C)CC=C2)cc(-c2ccccc2)c1. The fraction of sp³-hybridized carbons (Fsp3) is 0.304. The first-order valence-electron chi connectivity index (χ1n) is 8.69. The van der Waals surface area contributed by atoms with E-state index in [1.165, 1.54) is 34.2 Å². The van der Waals surface area contributed by atoms with Crippen LogP contribution in [0.25, 0.3) is 16.7 Å². The van der Waals surface area contributed by atoms with Gasteiger partial charge in [0.15, 0.2) is 0 Å². The Bertz CT molecular complexity index is 674. The lowest BCUT2D eigenvalue weighted by Gasteiger charge is -2.14. The van der Waals surface area contributed by atoms with Crippen LogP contribution in [0.3, 0.4) is 0 Å². The molecule has 1 aliphatic carbocycles. The molecule has 0 fully saturated rings. The number of benzene rings is 2. The molecule has 120 valence electrons. The van der Waals surface area contributed by atoms with Gasteiger partial charge in [0, 0.05) is 0 Å². The second-order valence-corrected chi connectivity index (χ2v) is 6.40. The van der Waals surface area contributed by atoms with Crippen molar-refractivity contribution in [3.63, 3.8) is 0 Å². The average Bonchev–Trinajstić information content (AvgIpc) is 2.56. The smallest absolute Gasteiger partial charge is 0.0175 e. The Kier molecular flexibility index (Phi) is 6.40. The van der Waals surface area contributed by atoms with Crippen molar-refractivity contribution in [1.29, 1.82) is 0 Å². The van der Waals surface area contributed by atoms with Crippen LogP contribution in [0, 0.1) is 12.8 Å². The Labute approximate surface area is 141 Å². The molecule has 1 atom stereocenters. The molecule has 1 aliphatic rings. The number of allylic oxidation sites excluding steroid dienone is 4. The van der Waals surface area contributed by atoms with E-state index in [0.29, 0.717) is 5.92 Å². The average molecular weight is 304 g/mol. The van der Waals surface area contributed by atoms with Crippen LogP contribution in [0.4, 0.5) is 0 Å². The van der Waals surface area contributed by atoms with E-state index in [4.69, 9.17) is 0 Å². The van der Waals surface area contributed by atoms with Crippen molar-refractivity contribution in [2.45, 2.75) is 40.5 Å². The molecule has 1 unspecified atom stereocenters. The highest BCUT2D eigenvalue weighted by atomic mass is 14.1.